The van der Waals surface area contributed by atoms with Gasteiger partial charge in [-0.15, -0.1) is 23.1 Å². The quantitative estimate of drug-likeness (QED) is 0.329. The number of aryl methyl sites for hydroxylation is 1. The lowest BCUT2D eigenvalue weighted by Gasteiger charge is -2.19. The Balaban J connectivity index is 1.85. The Labute approximate surface area is 183 Å². The highest BCUT2D eigenvalue weighted by Crippen LogP contribution is 2.39. The van der Waals surface area contributed by atoms with Gasteiger partial charge in [-0.25, -0.2) is 4.98 Å². The van der Waals surface area contributed by atoms with E-state index in [0.29, 0.717) is 10.0 Å². The highest BCUT2D eigenvalue weighted by atomic mass is 35.5. The van der Waals surface area contributed by atoms with Crippen LogP contribution < -0.4 is 0 Å². The molecule has 0 saturated carbocycles. The van der Waals surface area contributed by atoms with Crippen molar-refractivity contribution in [1.82, 2.24) is 9.55 Å². The zero-order valence-corrected chi connectivity index (χ0v) is 18.9. The van der Waals surface area contributed by atoms with Crippen LogP contribution in [0.4, 0.5) is 0 Å². The molecule has 0 bridgehead atoms. The van der Waals surface area contributed by atoms with Crippen LogP contribution in [0, 0.1) is 0 Å². The lowest BCUT2D eigenvalue weighted by Crippen LogP contribution is -2.08. The number of halogens is 2. The second-order valence-electron chi connectivity index (χ2n) is 6.20. The maximum atomic E-state index is 6.51. The van der Waals surface area contributed by atoms with Crippen LogP contribution >= 0.6 is 58.5 Å². The number of imidazole rings is 1. The number of thiocarbonyl (C=S) groups is 1. The van der Waals surface area contributed by atoms with Gasteiger partial charge in [-0.1, -0.05) is 54.8 Å². The molecule has 3 aromatic rings. The molecule has 2 nitrogen and oxygen atoms in total. The standard InChI is InChI=1S/C20H20Cl2N2S3/c1-2-3-4-14-7-10-26-19(14)20(25)27-18(12-24-9-8-23-13-24)16-6-5-15(21)11-17(16)22/h5-11,13,18H,2-4,12H2,1H3. The predicted molar refractivity (Wildman–Crippen MR) is 124 cm³/mol. The van der Waals surface area contributed by atoms with E-state index < -0.39 is 0 Å². The van der Waals surface area contributed by atoms with Crippen LogP contribution in [0.2, 0.25) is 10.0 Å². The van der Waals surface area contributed by atoms with E-state index in [4.69, 9.17) is 35.4 Å². The average Bonchev–Trinajstić information content (AvgIpc) is 3.31. The molecule has 0 aliphatic heterocycles. The van der Waals surface area contributed by atoms with Crippen LogP contribution in [0.3, 0.4) is 0 Å². The first kappa shape index (κ1) is 20.9. The van der Waals surface area contributed by atoms with Crippen molar-refractivity contribution in [2.45, 2.75) is 38.0 Å². The molecule has 0 amide bonds. The lowest BCUT2D eigenvalue weighted by atomic mass is 10.1. The number of aromatic nitrogens is 2. The smallest absolute Gasteiger partial charge is 0.0946 e. The number of unbranched alkanes of at least 4 members (excludes halogenated alkanes) is 1. The van der Waals surface area contributed by atoms with Crippen molar-refractivity contribution in [2.24, 2.45) is 0 Å². The Kier molecular flexibility index (Phi) is 7.79. The van der Waals surface area contributed by atoms with Crippen molar-refractivity contribution >= 4 is 62.7 Å². The van der Waals surface area contributed by atoms with Crippen LogP contribution in [-0.2, 0) is 13.0 Å². The first-order valence-corrected chi connectivity index (χ1v) is 11.7. The summed E-state index contributed by atoms with van der Waals surface area (Å²) in [5, 5.41) is 3.52. The number of rotatable bonds is 8. The Morgan fingerprint density at radius 1 is 1.33 bits per heavy atom. The van der Waals surface area contributed by atoms with Gasteiger partial charge in [0.25, 0.3) is 0 Å². The van der Waals surface area contributed by atoms with Gasteiger partial charge in [-0.3, -0.25) is 0 Å². The SMILES string of the molecule is CCCCc1ccsc1C(=S)SC(Cn1ccnc1)c1ccc(Cl)cc1Cl. The molecule has 3 rings (SSSR count). The first-order chi connectivity index (χ1) is 13.1. The maximum absolute atomic E-state index is 6.51. The molecule has 142 valence electrons. The van der Waals surface area contributed by atoms with E-state index in [1.807, 2.05) is 24.7 Å². The molecule has 0 aliphatic carbocycles. The van der Waals surface area contributed by atoms with Gasteiger partial charge >= 0.3 is 0 Å². The minimum absolute atomic E-state index is 0.0811. The third-order valence-electron chi connectivity index (χ3n) is 4.23. The fourth-order valence-electron chi connectivity index (χ4n) is 2.81. The highest BCUT2D eigenvalue weighted by Gasteiger charge is 2.21. The Morgan fingerprint density at radius 2 is 2.19 bits per heavy atom. The number of benzene rings is 1. The summed E-state index contributed by atoms with van der Waals surface area (Å²) < 4.78 is 2.98. The third kappa shape index (κ3) is 5.58. The molecule has 2 aromatic heterocycles. The topological polar surface area (TPSA) is 17.8 Å². The largest absolute Gasteiger partial charge is 0.336 e. The van der Waals surface area contributed by atoms with Crippen molar-refractivity contribution in [3.63, 3.8) is 0 Å². The van der Waals surface area contributed by atoms with Crippen LogP contribution in [-0.4, -0.2) is 13.7 Å². The normalized spacial score (nSPS) is 12.3. The van der Waals surface area contributed by atoms with E-state index in [1.54, 1.807) is 35.4 Å². The van der Waals surface area contributed by atoms with E-state index in [1.165, 1.54) is 23.3 Å². The first-order valence-electron chi connectivity index (χ1n) is 8.76. The summed E-state index contributed by atoms with van der Waals surface area (Å²) in [4.78, 5) is 5.36. The van der Waals surface area contributed by atoms with Gasteiger partial charge in [-0.2, -0.15) is 0 Å². The Hall–Kier alpha value is -0.850. The molecule has 7 heteroatoms. The van der Waals surface area contributed by atoms with Crippen molar-refractivity contribution in [2.75, 3.05) is 0 Å². The van der Waals surface area contributed by atoms with Gasteiger partial charge < -0.3 is 4.57 Å². The Bertz CT molecular complexity index is 891. The molecule has 0 fully saturated rings. The summed E-state index contributed by atoms with van der Waals surface area (Å²) in [6, 6.07) is 7.86. The van der Waals surface area contributed by atoms with E-state index in [0.717, 1.165) is 22.7 Å². The Morgan fingerprint density at radius 3 is 2.89 bits per heavy atom. The third-order valence-corrected chi connectivity index (χ3v) is 7.62. The number of thiophene rings is 1. The number of thioether (sulfide) groups is 1. The summed E-state index contributed by atoms with van der Waals surface area (Å²) in [6.45, 7) is 2.95. The van der Waals surface area contributed by atoms with Crippen molar-refractivity contribution < 1.29 is 0 Å². The molecule has 0 saturated heterocycles. The second kappa shape index (κ2) is 10.1. The molecule has 2 heterocycles. The van der Waals surface area contributed by atoms with E-state index in [9.17, 15) is 0 Å². The molecule has 27 heavy (non-hydrogen) atoms. The average molecular weight is 456 g/mol. The summed E-state index contributed by atoms with van der Waals surface area (Å²) in [7, 11) is 0. The van der Waals surface area contributed by atoms with Gasteiger partial charge in [-0.05, 0) is 47.5 Å². The highest BCUT2D eigenvalue weighted by molar-refractivity contribution is 8.24. The molecule has 0 N–H and O–H groups in total. The molecule has 0 spiro atoms. The molecule has 1 aromatic carbocycles. The fourth-order valence-corrected chi connectivity index (χ4v) is 6.19. The van der Waals surface area contributed by atoms with Crippen LogP contribution in [0.15, 0.2) is 48.4 Å². The number of nitrogens with zero attached hydrogens (tertiary/aromatic N) is 2. The van der Waals surface area contributed by atoms with Crippen LogP contribution in [0.5, 0.6) is 0 Å². The minimum Gasteiger partial charge on any atom is -0.336 e. The van der Waals surface area contributed by atoms with Gasteiger partial charge in [0, 0.05) is 29.0 Å². The van der Waals surface area contributed by atoms with Gasteiger partial charge in [0.05, 0.1) is 20.7 Å². The lowest BCUT2D eigenvalue weighted by molar-refractivity contribution is 0.685. The summed E-state index contributed by atoms with van der Waals surface area (Å²) in [6.07, 6.45) is 8.99. The van der Waals surface area contributed by atoms with Gasteiger partial charge in [0.2, 0.25) is 0 Å². The maximum Gasteiger partial charge on any atom is 0.0946 e. The van der Waals surface area contributed by atoms with Crippen molar-refractivity contribution in [1.29, 1.82) is 0 Å². The molecular weight excluding hydrogens is 435 g/mol. The van der Waals surface area contributed by atoms with E-state index in [2.05, 4.69) is 27.9 Å². The summed E-state index contributed by atoms with van der Waals surface area (Å²) >= 11 is 21.8. The fraction of sp³-hybridized carbons (Fsp3) is 0.300. The van der Waals surface area contributed by atoms with Gasteiger partial charge in [0.1, 0.15) is 0 Å². The molecule has 1 atom stereocenters. The predicted octanol–water partition coefficient (Wildman–Crippen LogP) is 7.44. The van der Waals surface area contributed by atoms with Crippen LogP contribution in [0.1, 0.15) is 41.0 Å². The zero-order valence-electron chi connectivity index (χ0n) is 14.9. The van der Waals surface area contributed by atoms with Crippen molar-refractivity contribution in [3.05, 3.63) is 74.4 Å². The molecular formula is C20H20Cl2N2S3. The summed E-state index contributed by atoms with van der Waals surface area (Å²) in [5.41, 5.74) is 2.39. The van der Waals surface area contributed by atoms with Crippen molar-refractivity contribution in [3.8, 4) is 0 Å². The number of hydrogen-bond donors (Lipinski definition) is 0. The van der Waals surface area contributed by atoms with E-state index >= 15 is 0 Å². The molecule has 1 unspecified atom stereocenters. The summed E-state index contributed by atoms with van der Waals surface area (Å²) in [5.74, 6) is 0. The second-order valence-corrected chi connectivity index (χ2v) is 9.84. The number of hydrogen-bond acceptors (Lipinski definition) is 4. The van der Waals surface area contributed by atoms with Crippen LogP contribution in [0.25, 0.3) is 0 Å². The van der Waals surface area contributed by atoms with Gasteiger partial charge in [0.15, 0.2) is 0 Å². The molecule has 0 aliphatic rings. The van der Waals surface area contributed by atoms with E-state index in [-0.39, 0.29) is 5.25 Å². The molecule has 0 radical (unpaired) electrons. The monoisotopic (exact) mass is 454 g/mol. The minimum atomic E-state index is 0.0811. The zero-order chi connectivity index (χ0) is 19.2.